The molecule has 0 unspecified atom stereocenters. The Bertz CT molecular complexity index is 1120. The Labute approximate surface area is 215 Å². The molecule has 3 fully saturated rings. The molecule has 0 bridgehead atoms. The van der Waals surface area contributed by atoms with Gasteiger partial charge in [0.05, 0.1) is 11.7 Å². The van der Waals surface area contributed by atoms with E-state index in [-0.39, 0.29) is 17.5 Å². The van der Waals surface area contributed by atoms with Crippen LogP contribution >= 0.6 is 0 Å². The van der Waals surface area contributed by atoms with Crippen LogP contribution in [0.1, 0.15) is 72.0 Å². The van der Waals surface area contributed by atoms with Gasteiger partial charge in [0.1, 0.15) is 5.75 Å². The van der Waals surface area contributed by atoms with Gasteiger partial charge in [-0.05, 0) is 110 Å². The van der Waals surface area contributed by atoms with Gasteiger partial charge >= 0.3 is 5.97 Å². The van der Waals surface area contributed by atoms with Crippen molar-refractivity contribution in [2.75, 3.05) is 33.2 Å². The maximum Gasteiger partial charge on any atom is 0.343 e. The molecule has 0 amide bonds. The third-order valence-corrected chi connectivity index (χ3v) is 10.0. The molecule has 0 aromatic heterocycles. The number of benzene rings is 2. The van der Waals surface area contributed by atoms with Crippen molar-refractivity contribution in [3.63, 3.8) is 0 Å². The number of ether oxygens (including phenoxy) is 1. The molecule has 5 heteroatoms. The Morgan fingerprint density at radius 2 is 1.89 bits per heavy atom. The first-order chi connectivity index (χ1) is 17.4. The fourth-order valence-corrected chi connectivity index (χ4v) is 7.82. The average Bonchev–Trinajstić information content (AvgIpc) is 3.19. The van der Waals surface area contributed by atoms with Crippen LogP contribution in [-0.2, 0) is 13.0 Å². The summed E-state index contributed by atoms with van der Waals surface area (Å²) < 4.78 is 5.87. The van der Waals surface area contributed by atoms with Crippen LogP contribution in [0.15, 0.2) is 42.5 Å². The van der Waals surface area contributed by atoms with Gasteiger partial charge in [-0.3, -0.25) is 4.90 Å². The fourth-order valence-electron chi connectivity index (χ4n) is 7.82. The van der Waals surface area contributed by atoms with E-state index in [1.54, 1.807) is 0 Å². The van der Waals surface area contributed by atoms with Gasteiger partial charge in [-0.1, -0.05) is 25.1 Å². The third kappa shape index (κ3) is 4.40. The summed E-state index contributed by atoms with van der Waals surface area (Å²) in [6.07, 6.45) is 6.47. The van der Waals surface area contributed by atoms with Crippen molar-refractivity contribution < 1.29 is 14.6 Å². The standard InChI is InChI=1S/C31H40N2O3/c1-31-13-12-26-25-9-7-24(19-22(25)6-8-27(26)28(31)10-11-29(31)34)36-30(35)23-5-3-4-21(18-23)20-33-16-14-32(2)15-17-33/h3-5,7,9,18-19,26-29,34H,6,8,10-17,20H2,1-2H3/t26-,27-,28+,29+,31+/m1/s1. The van der Waals surface area contributed by atoms with E-state index in [2.05, 4.69) is 42.0 Å². The molecular formula is C31H40N2O3. The Hall–Kier alpha value is -2.21. The quantitative estimate of drug-likeness (QED) is 0.492. The number of carbonyl (C=O) groups is 1. The number of hydrogen-bond acceptors (Lipinski definition) is 5. The highest BCUT2D eigenvalue weighted by Crippen LogP contribution is 2.60. The van der Waals surface area contributed by atoms with E-state index in [0.717, 1.165) is 70.4 Å². The number of carbonyl (C=O) groups excluding carboxylic acids is 1. The molecule has 0 radical (unpaired) electrons. The molecule has 1 heterocycles. The SMILES string of the molecule is CN1CCN(Cc2cccc(C(=O)Oc3ccc4c(c3)CC[C@@H]3[C@@H]4CC[C@]4(C)[C@@H](O)CC[C@@H]34)c2)CC1. The number of hydrogen-bond donors (Lipinski definition) is 1. The molecule has 1 aliphatic heterocycles. The number of rotatable bonds is 4. The Morgan fingerprint density at radius 3 is 2.72 bits per heavy atom. The first-order valence-corrected chi connectivity index (χ1v) is 13.9. The number of esters is 1. The second-order valence-corrected chi connectivity index (χ2v) is 12.1. The topological polar surface area (TPSA) is 53.0 Å². The molecule has 36 heavy (non-hydrogen) atoms. The van der Waals surface area contributed by atoms with Gasteiger partial charge in [0.15, 0.2) is 0 Å². The zero-order valence-electron chi connectivity index (χ0n) is 21.8. The van der Waals surface area contributed by atoms with Gasteiger partial charge < -0.3 is 14.7 Å². The van der Waals surface area contributed by atoms with Crippen molar-refractivity contribution in [1.82, 2.24) is 9.80 Å². The Morgan fingerprint density at radius 1 is 1.06 bits per heavy atom. The number of fused-ring (bicyclic) bond motifs is 5. The molecule has 4 aliphatic rings. The van der Waals surface area contributed by atoms with Crippen molar-refractivity contribution in [2.45, 2.75) is 64.0 Å². The molecule has 1 saturated heterocycles. The van der Waals surface area contributed by atoms with Crippen LogP contribution in [0, 0.1) is 17.3 Å². The minimum Gasteiger partial charge on any atom is -0.423 e. The lowest BCUT2D eigenvalue weighted by atomic mass is 9.55. The lowest BCUT2D eigenvalue weighted by molar-refractivity contribution is -0.0226. The molecule has 0 spiro atoms. The molecule has 1 N–H and O–H groups in total. The highest BCUT2D eigenvalue weighted by atomic mass is 16.5. The van der Waals surface area contributed by atoms with Crippen LogP contribution < -0.4 is 4.74 Å². The molecule has 2 saturated carbocycles. The van der Waals surface area contributed by atoms with Crippen LogP contribution in [0.5, 0.6) is 5.75 Å². The Kier molecular flexibility index (Phi) is 6.43. The smallest absolute Gasteiger partial charge is 0.343 e. The number of piperazine rings is 1. The number of aliphatic hydroxyl groups excluding tert-OH is 1. The van der Waals surface area contributed by atoms with Gasteiger partial charge in [-0.15, -0.1) is 0 Å². The van der Waals surface area contributed by atoms with Gasteiger partial charge in [-0.2, -0.15) is 0 Å². The highest BCUT2D eigenvalue weighted by Gasteiger charge is 2.54. The van der Waals surface area contributed by atoms with Crippen molar-refractivity contribution >= 4 is 5.97 Å². The van der Waals surface area contributed by atoms with Gasteiger partial charge in [0, 0.05) is 32.7 Å². The van der Waals surface area contributed by atoms with E-state index >= 15 is 0 Å². The van der Waals surface area contributed by atoms with Crippen LogP contribution in [0.25, 0.3) is 0 Å². The molecule has 2 aromatic carbocycles. The zero-order chi connectivity index (χ0) is 24.9. The minimum absolute atomic E-state index is 0.104. The second-order valence-electron chi connectivity index (χ2n) is 12.1. The summed E-state index contributed by atoms with van der Waals surface area (Å²) in [4.78, 5) is 17.8. The number of nitrogens with zero attached hydrogens (tertiary/aromatic N) is 2. The second kappa shape index (κ2) is 9.59. The summed E-state index contributed by atoms with van der Waals surface area (Å²) >= 11 is 0. The van der Waals surface area contributed by atoms with Crippen LogP contribution in [0.4, 0.5) is 0 Å². The zero-order valence-corrected chi connectivity index (χ0v) is 21.8. The predicted octanol–water partition coefficient (Wildman–Crippen LogP) is 4.87. The Balaban J connectivity index is 1.13. The summed E-state index contributed by atoms with van der Waals surface area (Å²) in [7, 11) is 2.17. The highest BCUT2D eigenvalue weighted by molar-refractivity contribution is 5.91. The van der Waals surface area contributed by atoms with Crippen molar-refractivity contribution in [3.05, 3.63) is 64.7 Å². The number of aryl methyl sites for hydroxylation is 1. The maximum absolute atomic E-state index is 13.0. The number of aliphatic hydroxyl groups is 1. The molecule has 5 atom stereocenters. The molecule has 192 valence electrons. The summed E-state index contributed by atoms with van der Waals surface area (Å²) in [6, 6.07) is 14.2. The molecule has 5 nitrogen and oxygen atoms in total. The summed E-state index contributed by atoms with van der Waals surface area (Å²) in [5.74, 6) is 2.25. The molecule has 6 rings (SSSR count). The van der Waals surface area contributed by atoms with E-state index < -0.39 is 0 Å². The van der Waals surface area contributed by atoms with Crippen molar-refractivity contribution in [2.24, 2.45) is 17.3 Å². The lowest BCUT2D eigenvalue weighted by Gasteiger charge is -2.50. The lowest BCUT2D eigenvalue weighted by Crippen LogP contribution is -2.43. The molecular weight excluding hydrogens is 448 g/mol. The molecule has 3 aliphatic carbocycles. The van der Waals surface area contributed by atoms with E-state index in [4.69, 9.17) is 4.74 Å². The normalized spacial score (nSPS) is 32.4. The van der Waals surface area contributed by atoms with Gasteiger partial charge in [-0.25, -0.2) is 4.79 Å². The van der Waals surface area contributed by atoms with Crippen LogP contribution in [0.2, 0.25) is 0 Å². The maximum atomic E-state index is 13.0. The van der Waals surface area contributed by atoms with Gasteiger partial charge in [0.25, 0.3) is 0 Å². The monoisotopic (exact) mass is 488 g/mol. The predicted molar refractivity (Wildman–Crippen MR) is 141 cm³/mol. The summed E-state index contributed by atoms with van der Waals surface area (Å²) in [5, 5.41) is 10.6. The fraction of sp³-hybridized carbons (Fsp3) is 0.581. The number of likely N-dealkylation sites (N-methyl/N-ethyl adjacent to an activating group) is 1. The third-order valence-electron chi connectivity index (χ3n) is 10.0. The molecule has 2 aromatic rings. The first-order valence-electron chi connectivity index (χ1n) is 13.9. The van der Waals surface area contributed by atoms with E-state index in [1.807, 2.05) is 24.3 Å². The minimum atomic E-state index is -0.280. The first kappa shape index (κ1) is 24.1. The summed E-state index contributed by atoms with van der Waals surface area (Å²) in [5.41, 5.74) is 4.67. The average molecular weight is 489 g/mol. The van der Waals surface area contributed by atoms with Crippen LogP contribution in [0.3, 0.4) is 0 Å². The summed E-state index contributed by atoms with van der Waals surface area (Å²) in [6.45, 7) is 7.48. The van der Waals surface area contributed by atoms with Crippen molar-refractivity contribution in [3.8, 4) is 5.75 Å². The van der Waals surface area contributed by atoms with E-state index in [9.17, 15) is 9.90 Å². The van der Waals surface area contributed by atoms with E-state index in [1.165, 1.54) is 17.5 Å². The largest absolute Gasteiger partial charge is 0.423 e. The van der Waals surface area contributed by atoms with Crippen molar-refractivity contribution in [1.29, 1.82) is 0 Å². The van der Waals surface area contributed by atoms with Crippen LogP contribution in [-0.4, -0.2) is 60.2 Å². The van der Waals surface area contributed by atoms with Gasteiger partial charge in [0.2, 0.25) is 0 Å². The van der Waals surface area contributed by atoms with E-state index in [0.29, 0.717) is 29.1 Å².